The van der Waals surface area contributed by atoms with Crippen molar-refractivity contribution in [1.82, 2.24) is 4.98 Å². The third-order valence-electron chi connectivity index (χ3n) is 3.40. The number of nitrogens with zero attached hydrogens (tertiary/aromatic N) is 1. The maximum Gasteiger partial charge on any atom is 0.150 e. The summed E-state index contributed by atoms with van der Waals surface area (Å²) < 4.78 is 22.9. The summed E-state index contributed by atoms with van der Waals surface area (Å²) in [6, 6.07) is 9.46. The maximum absolute atomic E-state index is 11.4. The van der Waals surface area contributed by atoms with Crippen LogP contribution < -0.4 is 0 Å². The molecule has 5 heteroatoms. The predicted octanol–water partition coefficient (Wildman–Crippen LogP) is 2.48. The van der Waals surface area contributed by atoms with Gasteiger partial charge in [0.1, 0.15) is 9.84 Å². The molecule has 1 heterocycles. The Balaban J connectivity index is 2.10. The number of benzene rings is 1. The van der Waals surface area contributed by atoms with Crippen LogP contribution in [0.4, 0.5) is 0 Å². The molecule has 0 fully saturated rings. The van der Waals surface area contributed by atoms with Crippen molar-refractivity contribution in [3.8, 4) is 0 Å². The summed E-state index contributed by atoms with van der Waals surface area (Å²) in [7, 11) is -2.97. The van der Waals surface area contributed by atoms with Crippen LogP contribution in [-0.2, 0) is 9.84 Å². The first-order valence-electron chi connectivity index (χ1n) is 6.75. The molecule has 1 N–H and O–H groups in total. The zero-order valence-electron chi connectivity index (χ0n) is 11.5. The second-order valence-electron chi connectivity index (χ2n) is 4.82. The Morgan fingerprint density at radius 2 is 2.00 bits per heavy atom. The lowest BCUT2D eigenvalue weighted by Crippen LogP contribution is -2.10. The smallest absolute Gasteiger partial charge is 0.150 e. The maximum atomic E-state index is 11.4. The number of para-hydroxylation sites is 1. The normalized spacial score (nSPS) is 13.5. The third-order valence-corrected chi connectivity index (χ3v) is 5.19. The van der Waals surface area contributed by atoms with E-state index in [4.69, 9.17) is 0 Å². The van der Waals surface area contributed by atoms with Crippen molar-refractivity contribution in [1.29, 1.82) is 0 Å². The summed E-state index contributed by atoms with van der Waals surface area (Å²) in [5.74, 6) is 0.275. The lowest BCUT2D eigenvalue weighted by atomic mass is 10.0. The molecule has 4 nitrogen and oxygen atoms in total. The van der Waals surface area contributed by atoms with Gasteiger partial charge in [-0.05, 0) is 18.9 Å². The molecule has 0 bridgehead atoms. The molecule has 2 aromatic rings. The lowest BCUT2D eigenvalue weighted by molar-refractivity contribution is 0.168. The van der Waals surface area contributed by atoms with Crippen molar-refractivity contribution in [2.45, 2.75) is 25.9 Å². The van der Waals surface area contributed by atoms with Crippen molar-refractivity contribution in [2.75, 3.05) is 11.5 Å². The van der Waals surface area contributed by atoms with Gasteiger partial charge in [-0.3, -0.25) is 4.98 Å². The highest BCUT2D eigenvalue weighted by molar-refractivity contribution is 7.91. The third kappa shape index (κ3) is 3.55. The minimum absolute atomic E-state index is 0.124. The first kappa shape index (κ1) is 14.9. The second-order valence-corrected chi connectivity index (χ2v) is 7.29. The molecule has 0 amide bonds. The van der Waals surface area contributed by atoms with Crippen LogP contribution in [-0.4, -0.2) is 30.0 Å². The summed E-state index contributed by atoms with van der Waals surface area (Å²) in [6.45, 7) is 1.64. The number of aliphatic hydroxyl groups excluding tert-OH is 1. The highest BCUT2D eigenvalue weighted by atomic mass is 32.2. The molecule has 0 aliphatic carbocycles. The van der Waals surface area contributed by atoms with E-state index in [1.807, 2.05) is 30.3 Å². The molecule has 0 saturated heterocycles. The minimum atomic E-state index is -2.97. The molecule has 1 atom stereocenters. The minimum Gasteiger partial charge on any atom is -0.388 e. The van der Waals surface area contributed by atoms with Crippen LogP contribution >= 0.6 is 0 Å². The molecule has 108 valence electrons. The molecule has 0 spiro atoms. The number of aromatic nitrogens is 1. The molecule has 2 rings (SSSR count). The first-order valence-corrected chi connectivity index (χ1v) is 8.58. The van der Waals surface area contributed by atoms with E-state index >= 15 is 0 Å². The van der Waals surface area contributed by atoms with Crippen molar-refractivity contribution in [3.63, 3.8) is 0 Å². The van der Waals surface area contributed by atoms with Gasteiger partial charge in [0.25, 0.3) is 0 Å². The molecule has 20 heavy (non-hydrogen) atoms. The number of pyridine rings is 1. The number of sulfone groups is 1. The molecular weight excluding hydrogens is 274 g/mol. The summed E-state index contributed by atoms with van der Waals surface area (Å²) in [5.41, 5.74) is 1.54. The molecule has 1 unspecified atom stereocenters. The molecule has 0 aliphatic heterocycles. The first-order chi connectivity index (χ1) is 9.53. The summed E-state index contributed by atoms with van der Waals surface area (Å²) in [5, 5.41) is 11.2. The molecule has 1 aromatic heterocycles. The van der Waals surface area contributed by atoms with Gasteiger partial charge in [0, 0.05) is 22.9 Å². The van der Waals surface area contributed by atoms with E-state index in [1.54, 1.807) is 13.1 Å². The Labute approximate surface area is 119 Å². The fraction of sp³-hybridized carbons (Fsp3) is 0.400. The standard InChI is InChI=1S/C15H19NO3S/c1-2-20(18,19)11-5-9-14(17)13-8-3-6-12-7-4-10-16-15(12)13/h3-4,6-8,10,14,17H,2,5,9,11H2,1H3. The van der Waals surface area contributed by atoms with Gasteiger partial charge in [-0.2, -0.15) is 0 Å². The Morgan fingerprint density at radius 3 is 2.75 bits per heavy atom. The Hall–Kier alpha value is -1.46. The Morgan fingerprint density at radius 1 is 1.25 bits per heavy atom. The zero-order chi connectivity index (χ0) is 14.6. The van der Waals surface area contributed by atoms with Crippen molar-refractivity contribution >= 4 is 20.7 Å². The topological polar surface area (TPSA) is 67.3 Å². The highest BCUT2D eigenvalue weighted by Crippen LogP contribution is 2.25. The van der Waals surface area contributed by atoms with E-state index in [2.05, 4.69) is 4.98 Å². The van der Waals surface area contributed by atoms with Gasteiger partial charge in [-0.15, -0.1) is 0 Å². The molecule has 0 aliphatic rings. The van der Waals surface area contributed by atoms with Gasteiger partial charge in [0.15, 0.2) is 0 Å². The van der Waals surface area contributed by atoms with Crippen LogP contribution in [0.1, 0.15) is 31.4 Å². The van der Waals surface area contributed by atoms with E-state index in [0.717, 1.165) is 16.5 Å². The summed E-state index contributed by atoms with van der Waals surface area (Å²) in [6.07, 6.45) is 1.90. The largest absolute Gasteiger partial charge is 0.388 e. The summed E-state index contributed by atoms with van der Waals surface area (Å²) >= 11 is 0. The van der Waals surface area contributed by atoms with E-state index in [1.165, 1.54) is 0 Å². The van der Waals surface area contributed by atoms with Crippen LogP contribution in [0.15, 0.2) is 36.5 Å². The molecule has 0 saturated carbocycles. The number of hydrogen-bond acceptors (Lipinski definition) is 4. The summed E-state index contributed by atoms with van der Waals surface area (Å²) in [4.78, 5) is 4.30. The van der Waals surface area contributed by atoms with Crippen LogP contribution in [0.25, 0.3) is 10.9 Å². The van der Waals surface area contributed by atoms with Gasteiger partial charge in [0.2, 0.25) is 0 Å². The second kappa shape index (κ2) is 6.33. The van der Waals surface area contributed by atoms with Crippen LogP contribution in [0.5, 0.6) is 0 Å². The molecule has 0 radical (unpaired) electrons. The highest BCUT2D eigenvalue weighted by Gasteiger charge is 2.14. The van der Waals surface area contributed by atoms with Gasteiger partial charge in [-0.1, -0.05) is 31.2 Å². The van der Waals surface area contributed by atoms with E-state index in [9.17, 15) is 13.5 Å². The average Bonchev–Trinajstić information content (AvgIpc) is 2.46. The number of aliphatic hydroxyl groups is 1. The van der Waals surface area contributed by atoms with Crippen LogP contribution in [0.3, 0.4) is 0 Å². The van der Waals surface area contributed by atoms with Gasteiger partial charge < -0.3 is 5.11 Å². The predicted molar refractivity (Wildman–Crippen MR) is 80.3 cm³/mol. The molecule has 1 aromatic carbocycles. The zero-order valence-corrected chi connectivity index (χ0v) is 12.3. The van der Waals surface area contributed by atoms with Crippen LogP contribution in [0, 0.1) is 0 Å². The Bertz CT molecular complexity index is 677. The monoisotopic (exact) mass is 293 g/mol. The van der Waals surface area contributed by atoms with Gasteiger partial charge in [-0.25, -0.2) is 8.42 Å². The van der Waals surface area contributed by atoms with Crippen molar-refractivity contribution in [2.24, 2.45) is 0 Å². The number of fused-ring (bicyclic) bond motifs is 1. The Kier molecular flexibility index (Phi) is 4.73. The molecular formula is C15H19NO3S. The SMILES string of the molecule is CCS(=O)(=O)CCCC(O)c1cccc2cccnc12. The average molecular weight is 293 g/mol. The van der Waals surface area contributed by atoms with Gasteiger partial charge >= 0.3 is 0 Å². The number of hydrogen-bond donors (Lipinski definition) is 1. The van der Waals surface area contributed by atoms with Crippen molar-refractivity contribution < 1.29 is 13.5 Å². The van der Waals surface area contributed by atoms with E-state index < -0.39 is 15.9 Å². The van der Waals surface area contributed by atoms with Crippen molar-refractivity contribution in [3.05, 3.63) is 42.1 Å². The fourth-order valence-electron chi connectivity index (χ4n) is 2.19. The van der Waals surface area contributed by atoms with E-state index in [-0.39, 0.29) is 11.5 Å². The van der Waals surface area contributed by atoms with E-state index in [0.29, 0.717) is 12.8 Å². The lowest BCUT2D eigenvalue weighted by Gasteiger charge is -2.13. The number of rotatable bonds is 6. The van der Waals surface area contributed by atoms with Crippen LogP contribution in [0.2, 0.25) is 0 Å². The fourth-order valence-corrected chi connectivity index (χ4v) is 3.09. The quantitative estimate of drug-likeness (QED) is 0.888. The van der Waals surface area contributed by atoms with Gasteiger partial charge in [0.05, 0.1) is 17.4 Å².